The molecule has 20 heavy (non-hydrogen) atoms. The van der Waals surface area contributed by atoms with Gasteiger partial charge in [-0.25, -0.2) is 0 Å². The van der Waals surface area contributed by atoms with Gasteiger partial charge in [0.25, 0.3) is 0 Å². The van der Waals surface area contributed by atoms with Gasteiger partial charge in [-0.05, 0) is 44.7 Å². The van der Waals surface area contributed by atoms with E-state index in [0.717, 1.165) is 18.7 Å². The Hall–Kier alpha value is -1.68. The van der Waals surface area contributed by atoms with Gasteiger partial charge in [0, 0.05) is 11.5 Å². The lowest BCUT2D eigenvalue weighted by Crippen LogP contribution is -2.35. The van der Waals surface area contributed by atoms with Crippen molar-refractivity contribution in [3.8, 4) is 0 Å². The van der Waals surface area contributed by atoms with E-state index in [1.807, 2.05) is 0 Å². The Labute approximate surface area is 119 Å². The Morgan fingerprint density at radius 2 is 2.10 bits per heavy atom. The molecule has 3 rings (SSSR count). The maximum absolute atomic E-state index is 5.36. The molecule has 1 heterocycles. The highest BCUT2D eigenvalue weighted by Gasteiger charge is 2.27. The van der Waals surface area contributed by atoms with Crippen LogP contribution in [0.1, 0.15) is 56.0 Å². The number of nitrogens with zero attached hydrogens (tertiary/aromatic N) is 2. The minimum Gasteiger partial charge on any atom is -0.338 e. The molecule has 1 unspecified atom stereocenters. The topological polar surface area (TPSA) is 51.0 Å². The third-order valence-corrected chi connectivity index (χ3v) is 3.70. The molecule has 0 fully saturated rings. The lowest BCUT2D eigenvalue weighted by atomic mass is 10.0. The zero-order valence-electron chi connectivity index (χ0n) is 12.3. The van der Waals surface area contributed by atoms with Crippen LogP contribution in [0.25, 0.3) is 0 Å². The van der Waals surface area contributed by atoms with Gasteiger partial charge in [0.05, 0.1) is 6.54 Å². The van der Waals surface area contributed by atoms with Crippen LogP contribution in [-0.2, 0) is 13.0 Å². The molecule has 0 bridgehead atoms. The first kappa shape index (κ1) is 13.3. The summed E-state index contributed by atoms with van der Waals surface area (Å²) >= 11 is 0. The molecule has 4 heteroatoms. The first-order valence-electron chi connectivity index (χ1n) is 7.18. The van der Waals surface area contributed by atoms with Crippen LogP contribution in [0.4, 0.5) is 0 Å². The molecule has 0 spiro atoms. The molecule has 0 saturated carbocycles. The molecular formula is C16H21N3O. The molecule has 1 aromatic heterocycles. The Morgan fingerprint density at radius 3 is 2.90 bits per heavy atom. The van der Waals surface area contributed by atoms with Gasteiger partial charge < -0.3 is 9.84 Å². The highest BCUT2D eigenvalue weighted by Crippen LogP contribution is 2.36. The third-order valence-electron chi connectivity index (χ3n) is 3.70. The van der Waals surface area contributed by atoms with Gasteiger partial charge in [0.15, 0.2) is 5.82 Å². The molecule has 1 atom stereocenters. The van der Waals surface area contributed by atoms with Gasteiger partial charge >= 0.3 is 0 Å². The highest BCUT2D eigenvalue weighted by molar-refractivity contribution is 5.38. The largest absolute Gasteiger partial charge is 0.338 e. The molecule has 1 N–H and O–H groups in total. The Kier molecular flexibility index (Phi) is 3.34. The zero-order chi connectivity index (χ0) is 14.2. The number of fused-ring (bicyclic) bond motifs is 1. The van der Waals surface area contributed by atoms with Crippen molar-refractivity contribution in [3.05, 3.63) is 47.1 Å². The maximum atomic E-state index is 5.36. The van der Waals surface area contributed by atoms with Crippen molar-refractivity contribution in [2.75, 3.05) is 0 Å². The third kappa shape index (κ3) is 2.75. The standard InChI is InChI=1S/C16H21N3O/c1-16(2,3)17-10-14-18-15(19-20-14)13-9-8-11-6-4-5-7-12(11)13/h4-7,13,17H,8-10H2,1-3H3. The fraction of sp³-hybridized carbons (Fsp3) is 0.500. The second-order valence-corrected chi connectivity index (χ2v) is 6.44. The fourth-order valence-electron chi connectivity index (χ4n) is 2.65. The van der Waals surface area contributed by atoms with Crippen LogP contribution in [0.2, 0.25) is 0 Å². The van der Waals surface area contributed by atoms with E-state index in [-0.39, 0.29) is 5.54 Å². The summed E-state index contributed by atoms with van der Waals surface area (Å²) in [6.07, 6.45) is 2.18. The number of nitrogens with one attached hydrogen (secondary N) is 1. The van der Waals surface area contributed by atoms with Gasteiger partial charge in [-0.2, -0.15) is 4.98 Å². The molecule has 2 aromatic rings. The van der Waals surface area contributed by atoms with Gasteiger partial charge in [-0.3, -0.25) is 0 Å². The fourth-order valence-corrected chi connectivity index (χ4v) is 2.65. The van der Waals surface area contributed by atoms with Gasteiger partial charge in [-0.1, -0.05) is 29.4 Å². The van der Waals surface area contributed by atoms with Crippen LogP contribution in [0.3, 0.4) is 0 Å². The summed E-state index contributed by atoms with van der Waals surface area (Å²) in [4.78, 5) is 4.55. The number of aromatic nitrogens is 2. The van der Waals surface area contributed by atoms with Crippen molar-refractivity contribution < 1.29 is 4.52 Å². The molecule has 0 radical (unpaired) electrons. The van der Waals surface area contributed by atoms with E-state index < -0.39 is 0 Å². The van der Waals surface area contributed by atoms with E-state index in [9.17, 15) is 0 Å². The molecule has 0 amide bonds. The normalized spacial score (nSPS) is 18.2. The Morgan fingerprint density at radius 1 is 1.30 bits per heavy atom. The first-order valence-corrected chi connectivity index (χ1v) is 7.18. The van der Waals surface area contributed by atoms with Gasteiger partial charge in [-0.15, -0.1) is 0 Å². The number of aryl methyl sites for hydroxylation is 1. The van der Waals surface area contributed by atoms with Gasteiger partial charge in [0.2, 0.25) is 5.89 Å². The molecule has 1 aliphatic rings. The van der Waals surface area contributed by atoms with Crippen molar-refractivity contribution in [1.29, 1.82) is 0 Å². The van der Waals surface area contributed by atoms with Crippen molar-refractivity contribution in [1.82, 2.24) is 15.5 Å². The average molecular weight is 271 g/mol. The molecule has 4 nitrogen and oxygen atoms in total. The van der Waals surface area contributed by atoms with Crippen molar-refractivity contribution in [2.45, 2.75) is 51.6 Å². The quantitative estimate of drug-likeness (QED) is 0.932. The molecule has 1 aromatic carbocycles. The summed E-state index contributed by atoms with van der Waals surface area (Å²) < 4.78 is 5.36. The SMILES string of the molecule is CC(C)(C)NCc1nc(C2CCc3ccccc32)no1. The van der Waals surface area contributed by atoms with Crippen LogP contribution < -0.4 is 5.32 Å². The zero-order valence-corrected chi connectivity index (χ0v) is 12.3. The van der Waals surface area contributed by atoms with E-state index in [0.29, 0.717) is 18.4 Å². The minimum absolute atomic E-state index is 0.0502. The van der Waals surface area contributed by atoms with Crippen molar-refractivity contribution in [3.63, 3.8) is 0 Å². The monoisotopic (exact) mass is 271 g/mol. The van der Waals surface area contributed by atoms with Gasteiger partial charge in [0.1, 0.15) is 0 Å². The molecule has 0 saturated heterocycles. The summed E-state index contributed by atoms with van der Waals surface area (Å²) in [6, 6.07) is 8.54. The summed E-state index contributed by atoms with van der Waals surface area (Å²) in [5, 5.41) is 7.54. The average Bonchev–Trinajstić information content (AvgIpc) is 3.01. The molecule has 1 aliphatic carbocycles. The predicted molar refractivity (Wildman–Crippen MR) is 77.5 cm³/mol. The Balaban J connectivity index is 1.75. The summed E-state index contributed by atoms with van der Waals surface area (Å²) in [7, 11) is 0. The summed E-state index contributed by atoms with van der Waals surface area (Å²) in [6.45, 7) is 6.98. The predicted octanol–water partition coefficient (Wildman–Crippen LogP) is 3.04. The number of hydrogen-bond donors (Lipinski definition) is 1. The van der Waals surface area contributed by atoms with Crippen molar-refractivity contribution in [2.24, 2.45) is 0 Å². The van der Waals surface area contributed by atoms with Crippen LogP contribution >= 0.6 is 0 Å². The van der Waals surface area contributed by atoms with Crippen LogP contribution in [0.15, 0.2) is 28.8 Å². The first-order chi connectivity index (χ1) is 9.53. The van der Waals surface area contributed by atoms with Crippen LogP contribution in [0.5, 0.6) is 0 Å². The molecule has 0 aliphatic heterocycles. The number of hydrogen-bond acceptors (Lipinski definition) is 4. The van der Waals surface area contributed by atoms with E-state index in [1.54, 1.807) is 0 Å². The summed E-state index contributed by atoms with van der Waals surface area (Å²) in [5.74, 6) is 1.78. The van der Waals surface area contributed by atoms with E-state index in [2.05, 4.69) is 60.5 Å². The second-order valence-electron chi connectivity index (χ2n) is 6.44. The van der Waals surface area contributed by atoms with E-state index in [4.69, 9.17) is 4.52 Å². The maximum Gasteiger partial charge on any atom is 0.240 e. The summed E-state index contributed by atoms with van der Waals surface area (Å²) in [5.41, 5.74) is 2.81. The van der Waals surface area contributed by atoms with Crippen LogP contribution in [-0.4, -0.2) is 15.7 Å². The second kappa shape index (κ2) is 5.02. The van der Waals surface area contributed by atoms with Crippen molar-refractivity contribution >= 4 is 0 Å². The Bertz CT molecular complexity index is 598. The lowest BCUT2D eigenvalue weighted by molar-refractivity contribution is 0.333. The molecular weight excluding hydrogens is 250 g/mol. The number of benzene rings is 1. The van der Waals surface area contributed by atoms with E-state index in [1.165, 1.54) is 11.1 Å². The van der Waals surface area contributed by atoms with E-state index >= 15 is 0 Å². The molecule has 106 valence electrons. The smallest absolute Gasteiger partial charge is 0.240 e. The number of rotatable bonds is 3. The minimum atomic E-state index is 0.0502. The van der Waals surface area contributed by atoms with Crippen LogP contribution in [0, 0.1) is 0 Å². The lowest BCUT2D eigenvalue weighted by Gasteiger charge is -2.18. The highest BCUT2D eigenvalue weighted by atomic mass is 16.5.